The molecule has 0 bridgehead atoms. The van der Waals surface area contributed by atoms with E-state index in [1.807, 2.05) is 42.5 Å². The van der Waals surface area contributed by atoms with E-state index < -0.39 is 24.6 Å². The first-order chi connectivity index (χ1) is 15.6. The lowest BCUT2D eigenvalue weighted by Gasteiger charge is -2.16. The van der Waals surface area contributed by atoms with Crippen LogP contribution < -0.4 is 15.4 Å². The van der Waals surface area contributed by atoms with Crippen molar-refractivity contribution in [1.29, 1.82) is 0 Å². The fourth-order valence-corrected chi connectivity index (χ4v) is 4.01. The van der Waals surface area contributed by atoms with Gasteiger partial charge >= 0.3 is 0 Å². The second kappa shape index (κ2) is 9.60. The lowest BCUT2D eigenvalue weighted by molar-refractivity contribution is 0.0954. The first-order valence-corrected chi connectivity index (χ1v) is 10.5. The summed E-state index contributed by atoms with van der Waals surface area (Å²) in [5.41, 5.74) is 3.07. The molecular formula is C25H24FN3O3. The second-order valence-corrected chi connectivity index (χ2v) is 7.59. The summed E-state index contributed by atoms with van der Waals surface area (Å²) in [6.07, 6.45) is 3.32. The molecule has 2 atom stereocenters. The topological polar surface area (TPSA) is 80.3 Å². The highest BCUT2D eigenvalue weighted by molar-refractivity contribution is 6.02. The third-order valence-electron chi connectivity index (χ3n) is 5.56. The van der Waals surface area contributed by atoms with Crippen molar-refractivity contribution in [3.05, 3.63) is 94.8 Å². The van der Waals surface area contributed by atoms with Gasteiger partial charge in [-0.1, -0.05) is 36.4 Å². The largest absolute Gasteiger partial charge is 0.486 e. The first-order valence-electron chi connectivity index (χ1n) is 10.5. The Morgan fingerprint density at radius 3 is 2.59 bits per heavy atom. The second-order valence-electron chi connectivity index (χ2n) is 7.59. The third kappa shape index (κ3) is 4.32. The SMILES string of the molecule is CNC(=O)c1cc(C(=O)NCCc2cccnc2)cc2c1O[C@H](CF)[C@H]2c1ccccc1. The highest BCUT2D eigenvalue weighted by Gasteiger charge is 2.39. The molecule has 0 aliphatic carbocycles. The van der Waals surface area contributed by atoms with Gasteiger partial charge < -0.3 is 15.4 Å². The number of amides is 2. The standard InChI is InChI=1S/C25H24FN3O3/c1-27-25(31)20-13-18(24(30)29-11-9-16-6-5-10-28-15-16)12-19-22(17-7-3-2-4-8-17)21(14-26)32-23(19)20/h2-8,10,12-13,15,21-22H,9,11,14H2,1H3,(H,27,31)(H,29,30)/t21-,22+/m1/s1. The van der Waals surface area contributed by atoms with Crippen molar-refractivity contribution in [1.82, 2.24) is 15.6 Å². The normalized spacial score (nSPS) is 16.7. The molecule has 3 aromatic rings. The van der Waals surface area contributed by atoms with E-state index in [0.29, 0.717) is 29.8 Å². The van der Waals surface area contributed by atoms with Crippen LogP contribution in [0, 0.1) is 0 Å². The Kier molecular flexibility index (Phi) is 6.44. The number of nitrogens with one attached hydrogen (secondary N) is 2. The molecule has 164 valence electrons. The van der Waals surface area contributed by atoms with E-state index >= 15 is 0 Å². The maximum absolute atomic E-state index is 13.9. The number of nitrogens with zero attached hydrogens (tertiary/aromatic N) is 1. The summed E-state index contributed by atoms with van der Waals surface area (Å²) in [5.74, 6) is -0.787. The Labute approximate surface area is 185 Å². The Bertz CT molecular complexity index is 1110. The molecule has 0 saturated heterocycles. The number of fused-ring (bicyclic) bond motifs is 1. The van der Waals surface area contributed by atoms with E-state index in [1.54, 1.807) is 18.5 Å². The number of ether oxygens (including phenoxy) is 1. The zero-order valence-electron chi connectivity index (χ0n) is 17.7. The zero-order chi connectivity index (χ0) is 22.5. The Balaban J connectivity index is 1.66. The van der Waals surface area contributed by atoms with Crippen LogP contribution in [0.15, 0.2) is 67.0 Å². The Hall–Kier alpha value is -3.74. The van der Waals surface area contributed by atoms with Crippen molar-refractivity contribution in [2.45, 2.75) is 18.4 Å². The molecule has 0 unspecified atom stereocenters. The number of rotatable bonds is 7. The molecule has 1 aromatic heterocycles. The van der Waals surface area contributed by atoms with Gasteiger partial charge in [-0.25, -0.2) is 4.39 Å². The number of halogens is 1. The molecule has 2 amide bonds. The monoisotopic (exact) mass is 433 g/mol. The predicted molar refractivity (Wildman–Crippen MR) is 119 cm³/mol. The summed E-state index contributed by atoms with van der Waals surface area (Å²) in [7, 11) is 1.51. The van der Waals surface area contributed by atoms with E-state index in [9.17, 15) is 14.0 Å². The van der Waals surface area contributed by atoms with Gasteiger partial charge in [-0.3, -0.25) is 14.6 Å². The Morgan fingerprint density at radius 1 is 1.09 bits per heavy atom. The summed E-state index contributed by atoms with van der Waals surface area (Å²) in [6.45, 7) is -0.295. The molecule has 4 rings (SSSR count). The molecule has 0 fully saturated rings. The minimum absolute atomic E-state index is 0.222. The molecule has 1 aliphatic rings. The van der Waals surface area contributed by atoms with Crippen LogP contribution in [-0.2, 0) is 6.42 Å². The van der Waals surface area contributed by atoms with E-state index in [2.05, 4.69) is 15.6 Å². The summed E-state index contributed by atoms with van der Waals surface area (Å²) in [6, 6.07) is 16.4. The number of carbonyl (C=O) groups is 2. The maximum atomic E-state index is 13.9. The van der Waals surface area contributed by atoms with Crippen LogP contribution in [0.25, 0.3) is 0 Å². The van der Waals surface area contributed by atoms with Gasteiger partial charge in [0.1, 0.15) is 18.5 Å². The summed E-state index contributed by atoms with van der Waals surface area (Å²) >= 11 is 0. The highest BCUT2D eigenvalue weighted by Crippen LogP contribution is 2.45. The molecule has 2 N–H and O–H groups in total. The first kappa shape index (κ1) is 21.5. The average Bonchev–Trinajstić information content (AvgIpc) is 3.22. The molecule has 0 radical (unpaired) electrons. The molecule has 0 spiro atoms. The molecule has 2 heterocycles. The third-order valence-corrected chi connectivity index (χ3v) is 5.56. The smallest absolute Gasteiger partial charge is 0.254 e. The molecule has 2 aromatic carbocycles. The molecule has 0 saturated carbocycles. The van der Waals surface area contributed by atoms with E-state index in [4.69, 9.17) is 4.74 Å². The van der Waals surface area contributed by atoms with Gasteiger partial charge in [-0.15, -0.1) is 0 Å². The van der Waals surface area contributed by atoms with E-state index in [-0.39, 0.29) is 11.5 Å². The number of carbonyl (C=O) groups excluding carboxylic acids is 2. The van der Waals surface area contributed by atoms with Crippen LogP contribution in [0.2, 0.25) is 0 Å². The van der Waals surface area contributed by atoms with Crippen molar-refractivity contribution in [2.24, 2.45) is 0 Å². The lowest BCUT2D eigenvalue weighted by Crippen LogP contribution is -2.27. The maximum Gasteiger partial charge on any atom is 0.254 e. The fourth-order valence-electron chi connectivity index (χ4n) is 4.01. The molecule has 7 heteroatoms. The van der Waals surface area contributed by atoms with Crippen LogP contribution >= 0.6 is 0 Å². The van der Waals surface area contributed by atoms with E-state index in [0.717, 1.165) is 11.1 Å². The summed E-state index contributed by atoms with van der Waals surface area (Å²) in [5, 5.41) is 5.47. The van der Waals surface area contributed by atoms with Crippen LogP contribution in [0.4, 0.5) is 4.39 Å². The van der Waals surface area contributed by atoms with Gasteiger partial charge in [-0.05, 0) is 35.7 Å². The number of hydrogen-bond acceptors (Lipinski definition) is 4. The van der Waals surface area contributed by atoms with Crippen molar-refractivity contribution in [3.63, 3.8) is 0 Å². The zero-order valence-corrected chi connectivity index (χ0v) is 17.7. The number of hydrogen-bond donors (Lipinski definition) is 2. The average molecular weight is 433 g/mol. The Morgan fingerprint density at radius 2 is 1.91 bits per heavy atom. The minimum Gasteiger partial charge on any atom is -0.486 e. The van der Waals surface area contributed by atoms with Crippen molar-refractivity contribution < 1.29 is 18.7 Å². The summed E-state index contributed by atoms with van der Waals surface area (Å²) < 4.78 is 19.8. The van der Waals surface area contributed by atoms with Crippen molar-refractivity contribution in [2.75, 3.05) is 20.3 Å². The number of alkyl halides is 1. The molecular weight excluding hydrogens is 409 g/mol. The van der Waals surface area contributed by atoms with Crippen molar-refractivity contribution in [3.8, 4) is 5.75 Å². The number of aromatic nitrogens is 1. The minimum atomic E-state index is -0.764. The predicted octanol–water partition coefficient (Wildman–Crippen LogP) is 3.28. The van der Waals surface area contributed by atoms with Gasteiger partial charge in [0.2, 0.25) is 0 Å². The quantitative estimate of drug-likeness (QED) is 0.599. The molecule has 32 heavy (non-hydrogen) atoms. The number of benzene rings is 2. The molecule has 6 nitrogen and oxygen atoms in total. The van der Waals surface area contributed by atoms with Crippen molar-refractivity contribution >= 4 is 11.8 Å². The highest BCUT2D eigenvalue weighted by atomic mass is 19.1. The number of pyridine rings is 1. The van der Waals surface area contributed by atoms with Crippen LogP contribution in [0.5, 0.6) is 5.75 Å². The van der Waals surface area contributed by atoms with Gasteiger partial charge in [-0.2, -0.15) is 0 Å². The van der Waals surface area contributed by atoms with Crippen LogP contribution in [0.3, 0.4) is 0 Å². The van der Waals surface area contributed by atoms with Crippen LogP contribution in [0.1, 0.15) is 43.3 Å². The molecule has 1 aliphatic heterocycles. The fraction of sp³-hybridized carbons (Fsp3) is 0.240. The van der Waals surface area contributed by atoms with Gasteiger partial charge in [0.15, 0.2) is 0 Å². The van der Waals surface area contributed by atoms with E-state index in [1.165, 1.54) is 13.1 Å². The van der Waals surface area contributed by atoms with Gasteiger partial charge in [0.25, 0.3) is 11.8 Å². The van der Waals surface area contributed by atoms with Crippen LogP contribution in [-0.4, -0.2) is 43.2 Å². The summed E-state index contributed by atoms with van der Waals surface area (Å²) in [4.78, 5) is 29.6. The van der Waals surface area contributed by atoms with Gasteiger partial charge in [0, 0.05) is 37.1 Å². The van der Waals surface area contributed by atoms with Gasteiger partial charge in [0.05, 0.1) is 11.5 Å². The lowest BCUT2D eigenvalue weighted by atomic mass is 9.86.